The fraction of sp³-hybridized carbons (Fsp3) is 0.263. The Labute approximate surface area is 145 Å². The molecule has 0 radical (unpaired) electrons. The van der Waals surface area contributed by atoms with Gasteiger partial charge in [-0.25, -0.2) is 4.98 Å². The molecular formula is C19H19N3OS. The van der Waals surface area contributed by atoms with E-state index in [1.807, 2.05) is 35.2 Å². The van der Waals surface area contributed by atoms with Gasteiger partial charge in [-0.3, -0.25) is 4.79 Å². The molecule has 1 unspecified atom stereocenters. The van der Waals surface area contributed by atoms with Crippen LogP contribution in [0.1, 0.15) is 18.1 Å². The number of anilines is 1. The Morgan fingerprint density at radius 2 is 2.17 bits per heavy atom. The zero-order valence-electron chi connectivity index (χ0n) is 13.7. The number of imidazole rings is 1. The molecule has 2 aromatic carbocycles. The van der Waals surface area contributed by atoms with Crippen LogP contribution in [-0.2, 0) is 11.2 Å². The third-order valence-corrected chi connectivity index (χ3v) is 5.28. The summed E-state index contributed by atoms with van der Waals surface area (Å²) < 4.78 is 0. The molecule has 0 bridgehead atoms. The zero-order valence-corrected chi connectivity index (χ0v) is 14.6. The molecule has 4 rings (SSSR count). The maximum absolute atomic E-state index is 12.7. The van der Waals surface area contributed by atoms with Gasteiger partial charge in [-0.05, 0) is 49.6 Å². The fourth-order valence-electron chi connectivity index (χ4n) is 3.31. The summed E-state index contributed by atoms with van der Waals surface area (Å²) in [5.74, 6) is 0.520. The minimum Gasteiger partial charge on any atom is -0.333 e. The fourth-order valence-corrected chi connectivity index (χ4v) is 4.06. The van der Waals surface area contributed by atoms with Crippen molar-refractivity contribution in [2.24, 2.45) is 0 Å². The third kappa shape index (κ3) is 2.69. The SMILES string of the molecule is Cc1ccc2nc(SCC(=O)N3c4ccccc4CC3C)[nH]c2c1. The first-order chi connectivity index (χ1) is 11.6. The highest BCUT2D eigenvalue weighted by atomic mass is 32.2. The number of amides is 1. The molecule has 1 aliphatic rings. The molecule has 1 aromatic heterocycles. The second-order valence-corrected chi connectivity index (χ2v) is 7.26. The van der Waals surface area contributed by atoms with Crippen molar-refractivity contribution >= 4 is 34.4 Å². The van der Waals surface area contributed by atoms with Crippen LogP contribution in [0.2, 0.25) is 0 Å². The van der Waals surface area contributed by atoms with Gasteiger partial charge in [0.15, 0.2) is 5.16 Å². The van der Waals surface area contributed by atoms with Gasteiger partial charge in [-0.2, -0.15) is 0 Å². The van der Waals surface area contributed by atoms with Crippen molar-refractivity contribution < 1.29 is 4.79 Å². The molecule has 0 spiro atoms. The number of aromatic amines is 1. The van der Waals surface area contributed by atoms with E-state index in [1.54, 1.807) is 0 Å². The molecular weight excluding hydrogens is 318 g/mol. The highest BCUT2D eigenvalue weighted by Crippen LogP contribution is 2.32. The first kappa shape index (κ1) is 15.3. The average molecular weight is 337 g/mol. The molecule has 0 saturated heterocycles. The van der Waals surface area contributed by atoms with Gasteiger partial charge in [0.1, 0.15) is 0 Å². The molecule has 0 saturated carbocycles. The Bertz CT molecular complexity index is 918. The Kier molecular flexibility index (Phi) is 3.81. The summed E-state index contributed by atoms with van der Waals surface area (Å²) in [5, 5.41) is 0.795. The lowest BCUT2D eigenvalue weighted by Crippen LogP contribution is -2.36. The number of para-hydroxylation sites is 1. The number of hydrogen-bond acceptors (Lipinski definition) is 3. The zero-order chi connectivity index (χ0) is 16.7. The first-order valence-corrected chi connectivity index (χ1v) is 9.09. The molecule has 0 fully saturated rings. The number of aryl methyl sites for hydroxylation is 1. The monoisotopic (exact) mass is 337 g/mol. The summed E-state index contributed by atoms with van der Waals surface area (Å²) >= 11 is 1.47. The molecule has 0 aliphatic carbocycles. The van der Waals surface area contributed by atoms with Crippen LogP contribution in [0.4, 0.5) is 5.69 Å². The molecule has 1 aliphatic heterocycles. The van der Waals surface area contributed by atoms with Crippen LogP contribution in [0.3, 0.4) is 0 Å². The molecule has 3 aromatic rings. The van der Waals surface area contributed by atoms with Crippen LogP contribution in [0.5, 0.6) is 0 Å². The van der Waals surface area contributed by atoms with Gasteiger partial charge < -0.3 is 9.88 Å². The van der Waals surface area contributed by atoms with E-state index in [-0.39, 0.29) is 11.9 Å². The molecule has 5 heteroatoms. The lowest BCUT2D eigenvalue weighted by molar-refractivity contribution is -0.116. The molecule has 1 N–H and O–H groups in total. The number of aromatic nitrogens is 2. The number of carbonyl (C=O) groups is 1. The number of nitrogens with zero attached hydrogens (tertiary/aromatic N) is 2. The van der Waals surface area contributed by atoms with Crippen LogP contribution in [0.15, 0.2) is 47.6 Å². The molecule has 2 heterocycles. The maximum atomic E-state index is 12.7. The van der Waals surface area contributed by atoms with Gasteiger partial charge in [-0.15, -0.1) is 0 Å². The number of H-pyrrole nitrogens is 1. The van der Waals surface area contributed by atoms with E-state index in [2.05, 4.69) is 35.9 Å². The van der Waals surface area contributed by atoms with Crippen molar-refractivity contribution in [2.45, 2.75) is 31.5 Å². The third-order valence-electron chi connectivity index (χ3n) is 4.42. The van der Waals surface area contributed by atoms with Crippen LogP contribution in [-0.4, -0.2) is 27.7 Å². The van der Waals surface area contributed by atoms with E-state index in [1.165, 1.54) is 22.9 Å². The van der Waals surface area contributed by atoms with Crippen molar-refractivity contribution in [3.8, 4) is 0 Å². The quantitative estimate of drug-likeness (QED) is 0.737. The van der Waals surface area contributed by atoms with E-state index in [0.29, 0.717) is 5.75 Å². The van der Waals surface area contributed by atoms with Crippen molar-refractivity contribution in [3.05, 3.63) is 53.6 Å². The standard InChI is InChI=1S/C19H19N3OS/c1-12-7-8-15-16(9-12)21-19(20-15)24-11-18(23)22-13(2)10-14-5-3-4-6-17(14)22/h3-9,13H,10-11H2,1-2H3,(H,20,21). The van der Waals surface area contributed by atoms with E-state index >= 15 is 0 Å². The summed E-state index contributed by atoms with van der Waals surface area (Å²) in [7, 11) is 0. The minimum atomic E-state index is 0.133. The van der Waals surface area contributed by atoms with E-state index < -0.39 is 0 Å². The topological polar surface area (TPSA) is 49.0 Å². The average Bonchev–Trinajstić information content (AvgIpc) is 3.11. The number of hydrogen-bond donors (Lipinski definition) is 1. The normalized spacial score (nSPS) is 16.6. The Balaban J connectivity index is 1.50. The smallest absolute Gasteiger partial charge is 0.237 e. The van der Waals surface area contributed by atoms with Crippen molar-refractivity contribution in [1.82, 2.24) is 9.97 Å². The predicted octanol–water partition coefficient (Wildman–Crippen LogP) is 3.94. The highest BCUT2D eigenvalue weighted by molar-refractivity contribution is 7.99. The van der Waals surface area contributed by atoms with Crippen molar-refractivity contribution in [3.63, 3.8) is 0 Å². The van der Waals surface area contributed by atoms with E-state index in [4.69, 9.17) is 0 Å². The Morgan fingerprint density at radius 1 is 1.33 bits per heavy atom. The maximum Gasteiger partial charge on any atom is 0.237 e. The Hall–Kier alpha value is -2.27. The van der Waals surface area contributed by atoms with Crippen LogP contribution < -0.4 is 4.90 Å². The number of fused-ring (bicyclic) bond motifs is 2. The van der Waals surface area contributed by atoms with Gasteiger partial charge in [0.2, 0.25) is 5.91 Å². The number of benzene rings is 2. The molecule has 1 atom stereocenters. The molecule has 24 heavy (non-hydrogen) atoms. The first-order valence-electron chi connectivity index (χ1n) is 8.11. The van der Waals surface area contributed by atoms with Crippen molar-refractivity contribution in [2.75, 3.05) is 10.7 Å². The van der Waals surface area contributed by atoms with Gasteiger partial charge in [-0.1, -0.05) is 36.0 Å². The van der Waals surface area contributed by atoms with E-state index in [0.717, 1.165) is 28.3 Å². The van der Waals surface area contributed by atoms with Gasteiger partial charge in [0.05, 0.1) is 16.8 Å². The molecule has 1 amide bonds. The summed E-state index contributed by atoms with van der Waals surface area (Å²) in [6.07, 6.45) is 0.927. The van der Waals surface area contributed by atoms with Gasteiger partial charge >= 0.3 is 0 Å². The second-order valence-electron chi connectivity index (χ2n) is 6.30. The molecule has 122 valence electrons. The summed E-state index contributed by atoms with van der Waals surface area (Å²) in [5.41, 5.74) is 5.46. The summed E-state index contributed by atoms with van der Waals surface area (Å²) in [4.78, 5) is 22.5. The lowest BCUT2D eigenvalue weighted by Gasteiger charge is -2.22. The van der Waals surface area contributed by atoms with Crippen LogP contribution in [0, 0.1) is 6.92 Å². The summed E-state index contributed by atoms with van der Waals surface area (Å²) in [6.45, 7) is 4.16. The van der Waals surface area contributed by atoms with Gasteiger partial charge in [0.25, 0.3) is 0 Å². The largest absolute Gasteiger partial charge is 0.333 e. The van der Waals surface area contributed by atoms with E-state index in [9.17, 15) is 4.79 Å². The number of rotatable bonds is 3. The second kappa shape index (κ2) is 5.98. The Morgan fingerprint density at radius 3 is 3.04 bits per heavy atom. The molecule has 4 nitrogen and oxygen atoms in total. The summed E-state index contributed by atoms with van der Waals surface area (Å²) in [6, 6.07) is 14.5. The van der Waals surface area contributed by atoms with Crippen molar-refractivity contribution in [1.29, 1.82) is 0 Å². The highest BCUT2D eigenvalue weighted by Gasteiger charge is 2.30. The number of nitrogens with one attached hydrogen (secondary N) is 1. The number of carbonyl (C=O) groups excluding carboxylic acids is 1. The van der Waals surface area contributed by atoms with Crippen LogP contribution in [0.25, 0.3) is 11.0 Å². The minimum absolute atomic E-state index is 0.133. The lowest BCUT2D eigenvalue weighted by atomic mass is 10.1. The van der Waals surface area contributed by atoms with Crippen LogP contribution >= 0.6 is 11.8 Å². The van der Waals surface area contributed by atoms with Gasteiger partial charge in [0, 0.05) is 11.7 Å². The predicted molar refractivity (Wildman–Crippen MR) is 98.6 cm³/mol. The number of thioether (sulfide) groups is 1.